The van der Waals surface area contributed by atoms with Crippen molar-refractivity contribution in [3.63, 3.8) is 0 Å². The second kappa shape index (κ2) is 12.6. The molecule has 43 heavy (non-hydrogen) atoms. The van der Waals surface area contributed by atoms with E-state index in [4.69, 9.17) is 0 Å². The maximum atomic E-state index is 14.3. The average molecular weight is 625 g/mol. The van der Waals surface area contributed by atoms with Gasteiger partial charge in [-0.1, -0.05) is 50.6 Å². The fourth-order valence-corrected chi connectivity index (χ4v) is 8.01. The number of fused-ring (bicyclic) bond motifs is 1. The van der Waals surface area contributed by atoms with Gasteiger partial charge in [-0.05, 0) is 112 Å². The molecule has 0 aromatic carbocycles. The number of halogens is 7. The van der Waals surface area contributed by atoms with Crippen LogP contribution in [0.25, 0.3) is 0 Å². The van der Waals surface area contributed by atoms with Crippen LogP contribution in [0.4, 0.5) is 30.7 Å². The lowest BCUT2D eigenvalue weighted by molar-refractivity contribution is -0.347. The number of alkyl halides is 7. The smallest absolute Gasteiger partial charge is 0.393 e. The van der Waals surface area contributed by atoms with Gasteiger partial charge in [0.2, 0.25) is 0 Å². The van der Waals surface area contributed by atoms with Gasteiger partial charge >= 0.3 is 12.4 Å². The predicted octanol–water partition coefficient (Wildman–Crippen LogP) is 8.85. The fraction of sp³-hybridized carbons (Fsp3) is 0.758. The average Bonchev–Trinajstić information content (AvgIpc) is 3.21. The van der Waals surface area contributed by atoms with E-state index in [1.807, 2.05) is 19.1 Å². The van der Waals surface area contributed by atoms with Crippen molar-refractivity contribution in [2.45, 2.75) is 134 Å². The molecular formula is C33H47F7O3. The largest absolute Gasteiger partial charge is 0.429 e. The summed E-state index contributed by atoms with van der Waals surface area (Å²) in [5, 5.41) is 30.0. The maximum absolute atomic E-state index is 14.3. The van der Waals surface area contributed by atoms with Crippen molar-refractivity contribution < 1.29 is 46.1 Å². The van der Waals surface area contributed by atoms with Gasteiger partial charge in [-0.2, -0.15) is 26.3 Å². The molecule has 3 aliphatic rings. The first kappa shape index (κ1) is 35.8. The van der Waals surface area contributed by atoms with Crippen LogP contribution in [0, 0.1) is 22.7 Å². The van der Waals surface area contributed by atoms with E-state index >= 15 is 0 Å². The third-order valence-electron chi connectivity index (χ3n) is 10.4. The number of allylic oxidation sites excluding steroid dienone is 5. The van der Waals surface area contributed by atoms with E-state index < -0.39 is 41.2 Å². The molecular weight excluding hydrogens is 577 g/mol. The minimum Gasteiger partial charge on any atom is -0.393 e. The molecule has 0 aliphatic heterocycles. The Morgan fingerprint density at radius 1 is 0.977 bits per heavy atom. The lowest BCUT2D eigenvalue weighted by atomic mass is 9.55. The summed E-state index contributed by atoms with van der Waals surface area (Å²) in [4.78, 5) is 0. The summed E-state index contributed by atoms with van der Waals surface area (Å²) >= 11 is 0. The zero-order chi connectivity index (χ0) is 32.6. The number of hydrogen-bond donors (Lipinski definition) is 3. The van der Waals surface area contributed by atoms with Crippen LogP contribution in [-0.2, 0) is 0 Å². The molecule has 0 spiro atoms. The van der Waals surface area contributed by atoms with Crippen molar-refractivity contribution in [1.82, 2.24) is 0 Å². The van der Waals surface area contributed by atoms with Crippen LogP contribution in [0.15, 0.2) is 47.6 Å². The molecule has 3 rings (SSSR count). The summed E-state index contributed by atoms with van der Waals surface area (Å²) in [5.74, 6) is 0.0882. The summed E-state index contributed by atoms with van der Waals surface area (Å²) < 4.78 is 94.4. The van der Waals surface area contributed by atoms with Gasteiger partial charge in [0.25, 0.3) is 5.60 Å². The Labute approximate surface area is 250 Å². The molecule has 0 aromatic rings. The molecule has 3 nitrogen and oxygen atoms in total. The highest BCUT2D eigenvalue weighted by molar-refractivity contribution is 5.39. The molecule has 3 fully saturated rings. The Kier molecular flexibility index (Phi) is 10.5. The number of aliphatic hydroxyl groups excluding tert-OH is 1. The second-order valence-electron chi connectivity index (χ2n) is 14.3. The molecule has 3 aliphatic carbocycles. The molecule has 3 unspecified atom stereocenters. The number of hydrogen-bond acceptors (Lipinski definition) is 3. The summed E-state index contributed by atoms with van der Waals surface area (Å²) in [7, 11) is 0. The van der Waals surface area contributed by atoms with Crippen molar-refractivity contribution in [3.8, 4) is 0 Å². The Hall–Kier alpha value is -1.65. The van der Waals surface area contributed by atoms with Gasteiger partial charge in [0.05, 0.1) is 11.7 Å². The molecule has 0 heterocycles. The quantitative estimate of drug-likeness (QED) is 0.177. The van der Waals surface area contributed by atoms with Gasteiger partial charge in [-0.3, -0.25) is 0 Å². The van der Waals surface area contributed by atoms with Crippen LogP contribution in [0.1, 0.15) is 98.3 Å². The van der Waals surface area contributed by atoms with Gasteiger partial charge < -0.3 is 15.3 Å². The van der Waals surface area contributed by atoms with E-state index in [0.29, 0.717) is 36.8 Å². The van der Waals surface area contributed by atoms with Crippen molar-refractivity contribution in [1.29, 1.82) is 0 Å². The molecule has 0 amide bonds. The zero-order valence-corrected chi connectivity index (χ0v) is 25.6. The summed E-state index contributed by atoms with van der Waals surface area (Å²) in [5.41, 5.74) is -4.69. The monoisotopic (exact) mass is 624 g/mol. The standard InChI is InChI=1S/C33H47F7O3/c1-21-23(19-24(41)20-26(21)34)11-10-22-9-6-17-30(5)25(22)12-13-27(30)29(4,15-7-14-28(2,3)42)16-8-18-31(43,32(35,36)37)33(38,39)40/h8,10-11,18,24-27,41-43H,1,6-7,9,12-17,19-20H2,2-5H3/t24-,25?,26+,27?,29?,30+/m1/s1. The minimum absolute atomic E-state index is 0.0267. The van der Waals surface area contributed by atoms with E-state index in [1.165, 1.54) is 5.57 Å². The Bertz CT molecular complexity index is 1080. The molecule has 6 atom stereocenters. The summed E-state index contributed by atoms with van der Waals surface area (Å²) in [6, 6.07) is 0. The van der Waals surface area contributed by atoms with Crippen LogP contribution < -0.4 is 0 Å². The van der Waals surface area contributed by atoms with E-state index in [0.717, 1.165) is 38.2 Å². The third kappa shape index (κ3) is 7.78. The zero-order valence-electron chi connectivity index (χ0n) is 25.6. The molecule has 246 valence electrons. The predicted molar refractivity (Wildman–Crippen MR) is 153 cm³/mol. The van der Waals surface area contributed by atoms with Gasteiger partial charge in [0.1, 0.15) is 6.17 Å². The van der Waals surface area contributed by atoms with E-state index in [-0.39, 0.29) is 36.2 Å². The lowest BCUT2D eigenvalue weighted by Gasteiger charge is -2.49. The molecule has 3 saturated carbocycles. The van der Waals surface area contributed by atoms with E-state index in [9.17, 15) is 46.1 Å². The first-order chi connectivity index (χ1) is 19.5. The Balaban J connectivity index is 1.93. The van der Waals surface area contributed by atoms with Gasteiger partial charge in [0, 0.05) is 6.42 Å². The van der Waals surface area contributed by atoms with Crippen LogP contribution >= 0.6 is 0 Å². The molecule has 3 N–H and O–H groups in total. The summed E-state index contributed by atoms with van der Waals surface area (Å²) in [6.45, 7) is 11.2. The van der Waals surface area contributed by atoms with Gasteiger partial charge in [-0.15, -0.1) is 0 Å². The van der Waals surface area contributed by atoms with Crippen molar-refractivity contribution in [2.24, 2.45) is 22.7 Å². The topological polar surface area (TPSA) is 60.7 Å². The molecule has 0 aromatic heterocycles. The normalized spacial score (nSPS) is 32.9. The van der Waals surface area contributed by atoms with Crippen LogP contribution in [-0.4, -0.2) is 51.1 Å². The minimum atomic E-state index is -5.93. The van der Waals surface area contributed by atoms with Crippen LogP contribution in [0.5, 0.6) is 0 Å². The number of aliphatic hydroxyl groups is 3. The Morgan fingerprint density at radius 3 is 2.19 bits per heavy atom. The van der Waals surface area contributed by atoms with Crippen LogP contribution in [0.2, 0.25) is 0 Å². The molecule has 0 radical (unpaired) electrons. The molecule has 10 heteroatoms. The number of rotatable bonds is 9. The van der Waals surface area contributed by atoms with Crippen molar-refractivity contribution >= 4 is 0 Å². The first-order valence-electron chi connectivity index (χ1n) is 15.2. The molecule has 0 bridgehead atoms. The van der Waals surface area contributed by atoms with Crippen LogP contribution in [0.3, 0.4) is 0 Å². The van der Waals surface area contributed by atoms with Crippen molar-refractivity contribution in [2.75, 3.05) is 0 Å². The van der Waals surface area contributed by atoms with Gasteiger partial charge in [0.15, 0.2) is 0 Å². The summed E-state index contributed by atoms with van der Waals surface area (Å²) in [6.07, 6.45) is -3.71. The third-order valence-corrected chi connectivity index (χ3v) is 10.4. The second-order valence-corrected chi connectivity index (χ2v) is 14.3. The highest BCUT2D eigenvalue weighted by Crippen LogP contribution is 2.64. The first-order valence-corrected chi connectivity index (χ1v) is 15.2. The Morgan fingerprint density at radius 2 is 1.60 bits per heavy atom. The van der Waals surface area contributed by atoms with Crippen molar-refractivity contribution in [3.05, 3.63) is 47.6 Å². The van der Waals surface area contributed by atoms with Gasteiger partial charge in [-0.25, -0.2) is 4.39 Å². The molecule has 0 saturated heterocycles. The SMILES string of the molecule is C=C1C(=CC=C2CCC[C@@]3(C)C2CCC3C(C)(CC=CC(O)(C(F)(F)F)C(F)(F)F)CCCC(C)(C)O)C[C@@H](O)C[C@@H]1F. The van der Waals surface area contributed by atoms with E-state index in [1.54, 1.807) is 13.8 Å². The fourth-order valence-electron chi connectivity index (χ4n) is 8.01. The highest BCUT2D eigenvalue weighted by Gasteiger charge is 2.69. The maximum Gasteiger partial charge on any atom is 0.429 e. The highest BCUT2D eigenvalue weighted by atomic mass is 19.4. The van der Waals surface area contributed by atoms with E-state index in [2.05, 4.69) is 13.5 Å². The lowest BCUT2D eigenvalue weighted by Crippen LogP contribution is -2.55.